The standard InChI is InChI=1S/C38H39F2N3O13S/c1-20(16-41-29(45)19-43-31(47)6-7-32(43)48)56-34(51)10-8-30(46)42-17-21-13-25(52-2)37(36(40)23(21)18-42)54-11-4-12-55-38-26(53-3)15-27-22(35(38)39)14-28(57-27)24(44)5-9-33(49)50/h6-7,13-15,20H,4-5,8-12,16-19H2,1-3H3,(H,41,45)(H,49,50)/t20-/m0/s1. The molecule has 0 spiro atoms. The monoisotopic (exact) mass is 815 g/mol. The average molecular weight is 816 g/mol. The maximum atomic E-state index is 15.8. The summed E-state index contributed by atoms with van der Waals surface area (Å²) in [5.41, 5.74) is 0.707. The molecule has 0 bridgehead atoms. The van der Waals surface area contributed by atoms with Gasteiger partial charge in [0.1, 0.15) is 12.6 Å². The molecule has 3 heterocycles. The summed E-state index contributed by atoms with van der Waals surface area (Å²) in [4.78, 5) is 86.3. The van der Waals surface area contributed by atoms with Crippen molar-refractivity contribution in [3.63, 3.8) is 0 Å². The van der Waals surface area contributed by atoms with Crippen LogP contribution in [0.4, 0.5) is 8.78 Å². The lowest BCUT2D eigenvalue weighted by atomic mass is 10.1. The summed E-state index contributed by atoms with van der Waals surface area (Å²) in [5, 5.41) is 11.5. The van der Waals surface area contributed by atoms with Crippen molar-refractivity contribution in [3.8, 4) is 23.0 Å². The number of carbonyl (C=O) groups excluding carboxylic acids is 6. The van der Waals surface area contributed by atoms with E-state index in [-0.39, 0.29) is 104 Å². The molecule has 1 atom stereocenters. The number of Topliss-reactive ketones (excluding diaryl/α,β-unsaturated/α-hetero) is 1. The van der Waals surface area contributed by atoms with Crippen molar-refractivity contribution >= 4 is 62.8 Å². The van der Waals surface area contributed by atoms with Gasteiger partial charge in [-0.3, -0.25) is 38.5 Å². The third-order valence-electron chi connectivity index (χ3n) is 8.85. The summed E-state index contributed by atoms with van der Waals surface area (Å²) in [6, 6.07) is 4.43. The highest BCUT2D eigenvalue weighted by Gasteiger charge is 2.31. The first-order valence-corrected chi connectivity index (χ1v) is 18.5. The van der Waals surface area contributed by atoms with Crippen LogP contribution in [0.2, 0.25) is 0 Å². The lowest BCUT2D eigenvalue weighted by Crippen LogP contribution is -2.42. The number of imide groups is 1. The molecule has 16 nitrogen and oxygen atoms in total. The number of thiophene rings is 1. The van der Waals surface area contributed by atoms with E-state index in [1.807, 2.05) is 0 Å². The molecule has 19 heteroatoms. The van der Waals surface area contributed by atoms with Crippen molar-refractivity contribution in [2.45, 2.75) is 58.2 Å². The van der Waals surface area contributed by atoms with E-state index in [0.717, 1.165) is 28.4 Å². The van der Waals surface area contributed by atoms with Crippen LogP contribution < -0.4 is 24.3 Å². The molecule has 0 radical (unpaired) electrons. The number of rotatable bonds is 20. The van der Waals surface area contributed by atoms with Gasteiger partial charge in [-0.05, 0) is 24.6 Å². The van der Waals surface area contributed by atoms with Crippen LogP contribution >= 0.6 is 11.3 Å². The molecule has 3 aromatic rings. The Balaban J connectivity index is 1.09. The predicted molar refractivity (Wildman–Crippen MR) is 196 cm³/mol. The normalized spacial score (nSPS) is 13.8. The molecule has 57 heavy (non-hydrogen) atoms. The molecule has 0 saturated heterocycles. The quantitative estimate of drug-likeness (QED) is 0.0724. The largest absolute Gasteiger partial charge is 0.493 e. The third-order valence-corrected chi connectivity index (χ3v) is 9.98. The number of carboxylic acids is 1. The highest BCUT2D eigenvalue weighted by molar-refractivity contribution is 7.20. The van der Waals surface area contributed by atoms with Crippen LogP contribution in [0.5, 0.6) is 23.0 Å². The van der Waals surface area contributed by atoms with E-state index >= 15 is 8.78 Å². The van der Waals surface area contributed by atoms with Crippen molar-refractivity contribution in [3.05, 3.63) is 58.0 Å². The molecule has 304 valence electrons. The number of carboxylic acid groups (broad SMARTS) is 1. The van der Waals surface area contributed by atoms with Gasteiger partial charge in [-0.25, -0.2) is 8.78 Å². The molecule has 1 aromatic heterocycles. The Morgan fingerprint density at radius 1 is 0.877 bits per heavy atom. The van der Waals surface area contributed by atoms with Gasteiger partial charge in [0.2, 0.25) is 11.8 Å². The summed E-state index contributed by atoms with van der Waals surface area (Å²) < 4.78 is 59.1. The number of halogens is 2. The average Bonchev–Trinajstić information content (AvgIpc) is 3.90. The summed E-state index contributed by atoms with van der Waals surface area (Å²) >= 11 is 1.01. The smallest absolute Gasteiger partial charge is 0.306 e. The maximum absolute atomic E-state index is 15.8. The van der Waals surface area contributed by atoms with Crippen molar-refractivity contribution in [2.24, 2.45) is 0 Å². The van der Waals surface area contributed by atoms with E-state index in [9.17, 15) is 33.6 Å². The molecule has 5 rings (SSSR count). The van der Waals surface area contributed by atoms with Gasteiger partial charge in [-0.15, -0.1) is 11.3 Å². The highest BCUT2D eigenvalue weighted by atomic mass is 32.1. The minimum atomic E-state index is -1.12. The lowest BCUT2D eigenvalue weighted by Gasteiger charge is -2.17. The second-order valence-corrected chi connectivity index (χ2v) is 14.0. The highest BCUT2D eigenvalue weighted by Crippen LogP contribution is 2.41. The first kappa shape index (κ1) is 42.0. The number of nitrogens with zero attached hydrogens (tertiary/aromatic N) is 2. The summed E-state index contributed by atoms with van der Waals surface area (Å²) in [7, 11) is 2.66. The number of hydrogen-bond acceptors (Lipinski definition) is 13. The third kappa shape index (κ3) is 10.2. The van der Waals surface area contributed by atoms with Crippen molar-refractivity contribution in [2.75, 3.05) is 40.5 Å². The molecule has 4 amide bonds. The number of carbonyl (C=O) groups is 7. The van der Waals surface area contributed by atoms with E-state index < -0.39 is 65.6 Å². The van der Waals surface area contributed by atoms with Gasteiger partial charge in [0.25, 0.3) is 11.8 Å². The van der Waals surface area contributed by atoms with E-state index in [1.165, 1.54) is 38.2 Å². The van der Waals surface area contributed by atoms with Crippen molar-refractivity contribution in [1.82, 2.24) is 15.1 Å². The predicted octanol–water partition coefficient (Wildman–Crippen LogP) is 3.69. The lowest BCUT2D eigenvalue weighted by molar-refractivity contribution is -0.150. The van der Waals surface area contributed by atoms with Gasteiger partial charge >= 0.3 is 11.9 Å². The Kier molecular flexibility index (Phi) is 13.8. The Bertz CT molecular complexity index is 2120. The topological polar surface area (TPSA) is 204 Å². The van der Waals surface area contributed by atoms with E-state index in [0.29, 0.717) is 10.3 Å². The van der Waals surface area contributed by atoms with Crippen LogP contribution in [-0.2, 0) is 46.6 Å². The van der Waals surface area contributed by atoms with Crippen LogP contribution in [0.15, 0.2) is 30.4 Å². The molecule has 0 unspecified atom stereocenters. The van der Waals surface area contributed by atoms with Crippen LogP contribution in [0.25, 0.3) is 10.1 Å². The molecule has 0 aliphatic carbocycles. The fraction of sp³-hybridized carbons (Fsp3) is 0.395. The van der Waals surface area contributed by atoms with Gasteiger partial charge in [-0.2, -0.15) is 0 Å². The SMILES string of the molecule is COc1cc2c(c(F)c1OCCCOc1c(OC)cc3sc(C(=O)CCC(=O)O)cc3c1F)CN(C(=O)CCC(=O)O[C@@H](C)CNC(=O)CN1C(=O)C=CC1=O)C2. The number of hydrogen-bond donors (Lipinski definition) is 2. The minimum absolute atomic E-state index is 0.0600. The zero-order chi connectivity index (χ0) is 41.4. The first-order valence-electron chi connectivity index (χ1n) is 17.7. The number of esters is 1. The van der Waals surface area contributed by atoms with Crippen LogP contribution in [0.1, 0.15) is 59.8 Å². The second-order valence-electron chi connectivity index (χ2n) is 12.9. The molecule has 2 N–H and O–H groups in total. The number of aliphatic carboxylic acids is 1. The number of fused-ring (bicyclic) bond motifs is 2. The molecule has 0 fully saturated rings. The van der Waals surface area contributed by atoms with Crippen molar-refractivity contribution in [1.29, 1.82) is 0 Å². The fourth-order valence-corrected chi connectivity index (χ4v) is 6.99. The molecular weight excluding hydrogens is 776 g/mol. The number of amides is 4. The fourth-order valence-electron chi connectivity index (χ4n) is 5.93. The summed E-state index contributed by atoms with van der Waals surface area (Å²) in [6.45, 7) is 0.787. The van der Waals surface area contributed by atoms with Gasteiger partial charge in [0.15, 0.2) is 40.4 Å². The van der Waals surface area contributed by atoms with E-state index in [4.69, 9.17) is 28.8 Å². The Morgan fingerprint density at radius 3 is 2.18 bits per heavy atom. The summed E-state index contributed by atoms with van der Waals surface area (Å²) in [5.74, 6) is -6.21. The number of nitrogens with one attached hydrogen (secondary N) is 1. The maximum Gasteiger partial charge on any atom is 0.306 e. The Hall–Kier alpha value is -6.11. The molecule has 2 aromatic carbocycles. The van der Waals surface area contributed by atoms with Crippen LogP contribution in [-0.4, -0.2) is 103 Å². The number of benzene rings is 2. The number of ether oxygens (including phenoxy) is 5. The Morgan fingerprint density at radius 2 is 1.53 bits per heavy atom. The van der Waals surface area contributed by atoms with Crippen molar-refractivity contribution < 1.29 is 71.1 Å². The molecule has 2 aliphatic rings. The zero-order valence-corrected chi connectivity index (χ0v) is 32.0. The van der Waals surface area contributed by atoms with Crippen LogP contribution in [0, 0.1) is 11.6 Å². The van der Waals surface area contributed by atoms with Crippen LogP contribution in [0.3, 0.4) is 0 Å². The number of ketones is 1. The zero-order valence-electron chi connectivity index (χ0n) is 31.1. The second kappa shape index (κ2) is 18.7. The summed E-state index contributed by atoms with van der Waals surface area (Å²) in [6.07, 6.45) is 0.441. The van der Waals surface area contributed by atoms with E-state index in [2.05, 4.69) is 5.32 Å². The van der Waals surface area contributed by atoms with E-state index in [1.54, 1.807) is 6.07 Å². The Labute approximate surface area is 328 Å². The van der Waals surface area contributed by atoms with Gasteiger partial charge < -0.3 is 39.0 Å². The molecular formula is C38H39F2N3O13S. The molecule has 2 aliphatic heterocycles. The van der Waals surface area contributed by atoms with Gasteiger partial charge in [0.05, 0.1) is 51.7 Å². The first-order chi connectivity index (χ1) is 27.2. The van der Waals surface area contributed by atoms with Gasteiger partial charge in [-0.1, -0.05) is 0 Å². The minimum Gasteiger partial charge on any atom is -0.493 e. The van der Waals surface area contributed by atoms with Gasteiger partial charge in [0, 0.05) is 66.2 Å². The number of methoxy groups -OCH3 is 2. The molecule has 0 saturated carbocycles.